The zero-order valence-corrected chi connectivity index (χ0v) is 7.78. The summed E-state index contributed by atoms with van der Waals surface area (Å²) in [5.41, 5.74) is 5.02. The van der Waals surface area contributed by atoms with Crippen LogP contribution in [-0.4, -0.2) is 41.8 Å². The normalized spacial score (nSPS) is 11.0. The van der Waals surface area contributed by atoms with E-state index in [9.17, 15) is 9.59 Å². The fraction of sp³-hybridized carbons (Fsp3) is 0.714. The van der Waals surface area contributed by atoms with Crippen LogP contribution in [0.25, 0.3) is 0 Å². The van der Waals surface area contributed by atoms with Crippen LogP contribution in [0, 0.1) is 0 Å². The van der Waals surface area contributed by atoms with E-state index in [2.05, 4.69) is 5.32 Å². The molecule has 0 aromatic heterocycles. The molecule has 0 aromatic rings. The molecule has 1 atom stereocenters. The number of nitrogens with one attached hydrogen (secondary N) is 1. The fourth-order valence-electron chi connectivity index (χ4n) is 0.326. The maximum atomic E-state index is 9.81. The first kappa shape index (κ1) is 14.4. The number of rotatable bonds is 4. The Morgan fingerprint density at radius 1 is 1.46 bits per heavy atom. The zero-order chi connectivity index (χ0) is 10.9. The molecule has 0 saturated carbocycles. The number of nitrogens with two attached hydrogens (primary N) is 1. The predicted molar refractivity (Wildman–Crippen MR) is 47.5 cm³/mol. The van der Waals surface area contributed by atoms with Crippen LogP contribution in [0.15, 0.2) is 0 Å². The van der Waals surface area contributed by atoms with Crippen molar-refractivity contribution in [2.45, 2.75) is 19.4 Å². The number of hydrogen-bond acceptors (Lipinski definition) is 4. The van der Waals surface area contributed by atoms with Crippen molar-refractivity contribution >= 4 is 11.9 Å². The van der Waals surface area contributed by atoms with E-state index in [1.54, 1.807) is 14.0 Å². The van der Waals surface area contributed by atoms with Crippen molar-refractivity contribution in [2.24, 2.45) is 5.73 Å². The molecule has 0 fully saturated rings. The largest absolute Gasteiger partial charge is 0.480 e. The maximum Gasteiger partial charge on any atom is 0.320 e. The van der Waals surface area contributed by atoms with Crippen LogP contribution in [-0.2, 0) is 9.59 Å². The molecule has 78 valence electrons. The van der Waals surface area contributed by atoms with E-state index < -0.39 is 18.0 Å². The Kier molecular flexibility index (Phi) is 9.91. The van der Waals surface area contributed by atoms with Gasteiger partial charge < -0.3 is 21.3 Å². The summed E-state index contributed by atoms with van der Waals surface area (Å²) in [5, 5.41) is 18.4. The molecule has 0 aliphatic carbocycles. The number of aliphatic carboxylic acids is 2. The van der Waals surface area contributed by atoms with Crippen LogP contribution in [0.4, 0.5) is 0 Å². The van der Waals surface area contributed by atoms with Crippen molar-refractivity contribution in [3.05, 3.63) is 0 Å². The first-order chi connectivity index (χ1) is 5.95. The highest BCUT2D eigenvalue weighted by Crippen LogP contribution is 1.82. The third kappa shape index (κ3) is 13.8. The van der Waals surface area contributed by atoms with E-state index in [1.807, 2.05) is 0 Å². The summed E-state index contributed by atoms with van der Waals surface area (Å²) in [6.07, 6.45) is 0.495. The average Bonchev–Trinajstić information content (AvgIpc) is 2.03. The lowest BCUT2D eigenvalue weighted by Crippen LogP contribution is -2.28. The molecular weight excluding hydrogens is 176 g/mol. The summed E-state index contributed by atoms with van der Waals surface area (Å²) in [7, 11) is 1.59. The minimum absolute atomic E-state index is 0.0417. The van der Waals surface area contributed by atoms with E-state index in [1.165, 1.54) is 0 Å². The molecule has 0 aromatic carbocycles. The van der Waals surface area contributed by atoms with Crippen LogP contribution in [0.1, 0.15) is 13.3 Å². The molecule has 0 aliphatic heterocycles. The van der Waals surface area contributed by atoms with Crippen molar-refractivity contribution in [2.75, 3.05) is 13.6 Å². The molecule has 0 aliphatic rings. The zero-order valence-electron chi connectivity index (χ0n) is 7.78. The van der Waals surface area contributed by atoms with Crippen LogP contribution < -0.4 is 11.1 Å². The third-order valence-electron chi connectivity index (χ3n) is 1.09. The molecule has 0 spiro atoms. The van der Waals surface area contributed by atoms with Gasteiger partial charge in [-0.1, -0.05) is 6.92 Å². The third-order valence-corrected chi connectivity index (χ3v) is 1.09. The molecule has 0 bridgehead atoms. The van der Waals surface area contributed by atoms with Crippen molar-refractivity contribution in [1.82, 2.24) is 5.32 Å². The molecule has 1 unspecified atom stereocenters. The van der Waals surface area contributed by atoms with Gasteiger partial charge in [-0.25, -0.2) is 0 Å². The first-order valence-electron chi connectivity index (χ1n) is 3.80. The summed E-state index contributed by atoms with van der Waals surface area (Å²) in [6.45, 7) is 1.78. The highest BCUT2D eigenvalue weighted by atomic mass is 16.4. The fourth-order valence-corrected chi connectivity index (χ4v) is 0.326. The number of hydrogen-bond donors (Lipinski definition) is 4. The van der Waals surface area contributed by atoms with Gasteiger partial charge in [0.1, 0.15) is 6.04 Å². The van der Waals surface area contributed by atoms with E-state index in [0.29, 0.717) is 6.42 Å². The summed E-state index contributed by atoms with van der Waals surface area (Å²) < 4.78 is 0. The van der Waals surface area contributed by atoms with Gasteiger partial charge in [0, 0.05) is 0 Å². The standard InChI is InChI=1S/C4H9NO2.C3H7NO2/c1-2-3(5)4(6)7;1-4-2-3(5)6/h3H,2,5H2,1H3,(H,6,7);4H,2H2,1H3,(H,5,6). The van der Waals surface area contributed by atoms with Crippen LogP contribution in [0.3, 0.4) is 0 Å². The Balaban J connectivity index is 0. The molecule has 13 heavy (non-hydrogen) atoms. The Labute approximate surface area is 76.7 Å². The van der Waals surface area contributed by atoms with Crippen LogP contribution in [0.2, 0.25) is 0 Å². The first-order valence-corrected chi connectivity index (χ1v) is 3.80. The summed E-state index contributed by atoms with van der Waals surface area (Å²) in [5.74, 6) is -1.75. The van der Waals surface area contributed by atoms with Crippen LogP contribution in [0.5, 0.6) is 0 Å². The number of carboxylic acids is 2. The second kappa shape index (κ2) is 8.95. The van der Waals surface area contributed by atoms with Gasteiger partial charge in [0.25, 0.3) is 0 Å². The van der Waals surface area contributed by atoms with Crippen molar-refractivity contribution in [3.8, 4) is 0 Å². The average molecular weight is 192 g/mol. The molecule has 5 N–H and O–H groups in total. The quantitative estimate of drug-likeness (QED) is 0.459. The van der Waals surface area contributed by atoms with Gasteiger partial charge in [0.15, 0.2) is 0 Å². The van der Waals surface area contributed by atoms with Crippen LogP contribution >= 0.6 is 0 Å². The summed E-state index contributed by atoms with van der Waals surface area (Å²) in [6, 6.07) is -0.681. The van der Waals surface area contributed by atoms with Gasteiger partial charge in [0.2, 0.25) is 0 Å². The van der Waals surface area contributed by atoms with Gasteiger partial charge in [-0.2, -0.15) is 0 Å². The summed E-state index contributed by atoms with van der Waals surface area (Å²) in [4.78, 5) is 19.3. The molecule has 6 nitrogen and oxygen atoms in total. The molecule has 0 amide bonds. The topological polar surface area (TPSA) is 113 Å². The molecule has 0 rings (SSSR count). The van der Waals surface area contributed by atoms with E-state index in [4.69, 9.17) is 15.9 Å². The monoisotopic (exact) mass is 192 g/mol. The van der Waals surface area contributed by atoms with Gasteiger partial charge in [-0.3, -0.25) is 9.59 Å². The van der Waals surface area contributed by atoms with E-state index in [-0.39, 0.29) is 6.54 Å². The van der Waals surface area contributed by atoms with Gasteiger partial charge in [-0.15, -0.1) is 0 Å². The minimum atomic E-state index is -0.928. The molecule has 0 saturated heterocycles. The smallest absolute Gasteiger partial charge is 0.320 e. The number of carbonyl (C=O) groups is 2. The van der Waals surface area contributed by atoms with Gasteiger partial charge >= 0.3 is 11.9 Å². The molecule has 0 heterocycles. The Morgan fingerprint density at radius 2 is 1.92 bits per heavy atom. The Bertz CT molecular complexity index is 161. The molecular formula is C7H16N2O4. The highest BCUT2D eigenvalue weighted by molar-refractivity contribution is 5.72. The lowest BCUT2D eigenvalue weighted by molar-refractivity contribution is -0.138. The Hall–Kier alpha value is -1.14. The van der Waals surface area contributed by atoms with Gasteiger partial charge in [-0.05, 0) is 13.5 Å². The second-order valence-corrected chi connectivity index (χ2v) is 2.28. The maximum absolute atomic E-state index is 9.81. The van der Waals surface area contributed by atoms with E-state index in [0.717, 1.165) is 0 Å². The lowest BCUT2D eigenvalue weighted by Gasteiger charge is -1.97. The highest BCUT2D eigenvalue weighted by Gasteiger charge is 2.05. The number of likely N-dealkylation sites (N-methyl/N-ethyl adjacent to an activating group) is 1. The van der Waals surface area contributed by atoms with Crippen molar-refractivity contribution in [1.29, 1.82) is 0 Å². The molecule has 0 radical (unpaired) electrons. The van der Waals surface area contributed by atoms with Crippen molar-refractivity contribution < 1.29 is 19.8 Å². The van der Waals surface area contributed by atoms with E-state index >= 15 is 0 Å². The summed E-state index contributed by atoms with van der Waals surface area (Å²) >= 11 is 0. The molecule has 6 heteroatoms. The van der Waals surface area contributed by atoms with Crippen molar-refractivity contribution in [3.63, 3.8) is 0 Å². The SMILES string of the molecule is CCC(N)C(=O)O.CNCC(=O)O. The Morgan fingerprint density at radius 3 is 1.92 bits per heavy atom. The lowest BCUT2D eigenvalue weighted by atomic mass is 10.2. The minimum Gasteiger partial charge on any atom is -0.480 e. The predicted octanol–water partition coefficient (Wildman–Crippen LogP) is -0.901. The second-order valence-electron chi connectivity index (χ2n) is 2.28. The van der Waals surface area contributed by atoms with Gasteiger partial charge in [0.05, 0.1) is 6.54 Å². The number of carboxylic acid groups (broad SMARTS) is 2.